The van der Waals surface area contributed by atoms with Gasteiger partial charge in [0, 0.05) is 6.54 Å². The molecule has 1 unspecified atom stereocenters. The van der Waals surface area contributed by atoms with Crippen LogP contribution in [0.5, 0.6) is 0 Å². The number of carbonyl (C=O) groups excluding carboxylic acids is 1. The van der Waals surface area contributed by atoms with Crippen molar-refractivity contribution < 1.29 is 4.79 Å². The molecule has 0 spiro atoms. The highest BCUT2D eigenvalue weighted by Crippen LogP contribution is 2.04. The summed E-state index contributed by atoms with van der Waals surface area (Å²) in [6.45, 7) is 6.40. The highest BCUT2D eigenvalue weighted by molar-refractivity contribution is 7.99. The quantitative estimate of drug-likeness (QED) is 0.706. The van der Waals surface area contributed by atoms with E-state index in [1.165, 1.54) is 0 Å². The fourth-order valence-corrected chi connectivity index (χ4v) is 1.24. The third-order valence-corrected chi connectivity index (χ3v) is 2.20. The van der Waals surface area contributed by atoms with Gasteiger partial charge in [0.2, 0.25) is 0 Å². The van der Waals surface area contributed by atoms with Crippen LogP contribution in [-0.2, 0) is 4.79 Å². The molecule has 0 saturated carbocycles. The van der Waals surface area contributed by atoms with Crippen LogP contribution in [0, 0.1) is 0 Å². The smallest absolute Gasteiger partial charge is 0.144 e. The number of nitrogens with one attached hydrogen (secondary N) is 1. The molecule has 0 saturated heterocycles. The number of ketones is 1. The monoisotopic (exact) mass is 177 g/mol. The molecular formula is C8H19NOS. The Bertz CT molecular complexity index is 96.1. The van der Waals surface area contributed by atoms with E-state index in [0.717, 1.165) is 6.54 Å². The summed E-state index contributed by atoms with van der Waals surface area (Å²) in [7, 11) is 1.85. The Labute approximate surface area is 74.1 Å². The van der Waals surface area contributed by atoms with E-state index < -0.39 is 0 Å². The Morgan fingerprint density at radius 2 is 2.00 bits per heavy atom. The van der Waals surface area contributed by atoms with Gasteiger partial charge in [-0.3, -0.25) is 4.79 Å². The van der Waals surface area contributed by atoms with Crippen molar-refractivity contribution >= 4 is 17.5 Å². The van der Waals surface area contributed by atoms with E-state index in [0.29, 0.717) is 0 Å². The number of hydrogen-bond acceptors (Lipinski definition) is 3. The van der Waals surface area contributed by atoms with Crippen LogP contribution in [0.4, 0.5) is 0 Å². The molecule has 0 rings (SSSR count). The summed E-state index contributed by atoms with van der Waals surface area (Å²) in [4.78, 5) is 10.7. The van der Waals surface area contributed by atoms with Crippen LogP contribution < -0.4 is 5.32 Å². The van der Waals surface area contributed by atoms with E-state index in [9.17, 15) is 4.79 Å². The first-order valence-electron chi connectivity index (χ1n) is 3.90. The first-order chi connectivity index (χ1) is 5.22. The first kappa shape index (κ1) is 13.6. The predicted octanol–water partition coefficient (Wildman–Crippen LogP) is 1.55. The number of thioether (sulfide) groups is 1. The molecule has 1 atom stereocenters. The van der Waals surface area contributed by atoms with Gasteiger partial charge >= 0.3 is 0 Å². The summed E-state index contributed by atoms with van der Waals surface area (Å²) in [5.74, 6) is 0.247. The summed E-state index contributed by atoms with van der Waals surface area (Å²) in [6, 6.07) is 0. The third-order valence-electron chi connectivity index (χ3n) is 1.13. The molecule has 0 aliphatic rings. The van der Waals surface area contributed by atoms with Crippen molar-refractivity contribution in [3.8, 4) is 0 Å². The van der Waals surface area contributed by atoms with E-state index in [1.54, 1.807) is 18.7 Å². The number of hydrogen-bond donors (Lipinski definition) is 1. The normalized spacial score (nSPS) is 11.4. The van der Waals surface area contributed by atoms with Gasteiger partial charge in [-0.15, -0.1) is 0 Å². The predicted molar refractivity (Wildman–Crippen MR) is 53.3 cm³/mol. The summed E-state index contributed by atoms with van der Waals surface area (Å²) in [6.07, 6.45) is 1.95. The van der Waals surface area contributed by atoms with Crippen LogP contribution >= 0.6 is 11.8 Å². The molecule has 0 aliphatic carbocycles. The molecule has 0 fully saturated rings. The number of Topliss-reactive ketones (excluding diaryl/α,β-unsaturated/α-hetero) is 1. The van der Waals surface area contributed by atoms with Crippen molar-refractivity contribution in [1.82, 2.24) is 5.32 Å². The Morgan fingerprint density at radius 3 is 2.09 bits per heavy atom. The van der Waals surface area contributed by atoms with Crippen LogP contribution in [0.3, 0.4) is 0 Å². The van der Waals surface area contributed by atoms with Crippen LogP contribution in [0.25, 0.3) is 0 Å². The lowest BCUT2D eigenvalue weighted by Crippen LogP contribution is -2.26. The summed E-state index contributed by atoms with van der Waals surface area (Å²) < 4.78 is 0. The van der Waals surface area contributed by atoms with Gasteiger partial charge in [-0.1, -0.05) is 13.8 Å². The Morgan fingerprint density at radius 1 is 1.55 bits per heavy atom. The largest absolute Gasteiger partial charge is 0.318 e. The fourth-order valence-electron chi connectivity index (χ4n) is 0.578. The van der Waals surface area contributed by atoms with Crippen LogP contribution in [0.1, 0.15) is 20.8 Å². The van der Waals surface area contributed by atoms with Gasteiger partial charge < -0.3 is 5.32 Å². The minimum atomic E-state index is 0.134. The highest BCUT2D eigenvalue weighted by Gasteiger charge is 2.09. The van der Waals surface area contributed by atoms with E-state index >= 15 is 0 Å². The van der Waals surface area contributed by atoms with Crippen molar-refractivity contribution in [2.24, 2.45) is 0 Å². The lowest BCUT2D eigenvalue weighted by Gasteiger charge is -2.07. The fraction of sp³-hybridized carbons (Fsp3) is 0.875. The molecule has 11 heavy (non-hydrogen) atoms. The van der Waals surface area contributed by atoms with Crippen LogP contribution in [0.2, 0.25) is 0 Å². The maximum atomic E-state index is 10.7. The van der Waals surface area contributed by atoms with Crippen molar-refractivity contribution in [1.29, 1.82) is 0 Å². The molecule has 3 heteroatoms. The molecule has 0 aromatic rings. The maximum Gasteiger partial charge on any atom is 0.144 e. The highest BCUT2D eigenvalue weighted by atomic mass is 32.2. The van der Waals surface area contributed by atoms with Gasteiger partial charge in [-0.25, -0.2) is 0 Å². The minimum Gasteiger partial charge on any atom is -0.318 e. The molecule has 0 amide bonds. The second-order valence-electron chi connectivity index (χ2n) is 1.89. The molecule has 0 aromatic heterocycles. The van der Waals surface area contributed by atoms with Crippen molar-refractivity contribution in [2.45, 2.75) is 26.0 Å². The lowest BCUT2D eigenvalue weighted by molar-refractivity contribution is -0.116. The minimum absolute atomic E-state index is 0.134. The second kappa shape index (κ2) is 9.98. The van der Waals surface area contributed by atoms with E-state index in [4.69, 9.17) is 0 Å². The standard InChI is InChI=1S/C6H13NOS.C2H6/c1-5(8)6(9-3)4-7-2;1-2/h6-7H,4H2,1-3H3;1-2H3. The van der Waals surface area contributed by atoms with Crippen molar-refractivity contribution in [3.05, 3.63) is 0 Å². The van der Waals surface area contributed by atoms with E-state index in [2.05, 4.69) is 5.32 Å². The number of carbonyl (C=O) groups is 1. The summed E-state index contributed by atoms with van der Waals surface area (Å²) >= 11 is 1.59. The Kier molecular flexibility index (Phi) is 12.3. The third kappa shape index (κ3) is 7.88. The average molecular weight is 177 g/mol. The molecule has 0 bridgehead atoms. The average Bonchev–Trinajstić information content (AvgIpc) is 2.03. The van der Waals surface area contributed by atoms with Gasteiger partial charge in [0.25, 0.3) is 0 Å². The maximum absolute atomic E-state index is 10.7. The summed E-state index contributed by atoms with van der Waals surface area (Å²) in [5.41, 5.74) is 0. The van der Waals surface area contributed by atoms with E-state index in [1.807, 2.05) is 27.2 Å². The summed E-state index contributed by atoms with van der Waals surface area (Å²) in [5, 5.41) is 3.09. The molecule has 1 N–H and O–H groups in total. The van der Waals surface area contributed by atoms with Crippen LogP contribution in [-0.4, -0.2) is 30.9 Å². The molecular weight excluding hydrogens is 158 g/mol. The van der Waals surface area contributed by atoms with E-state index in [-0.39, 0.29) is 11.0 Å². The first-order valence-corrected chi connectivity index (χ1v) is 5.19. The Hall–Kier alpha value is -0.0200. The van der Waals surface area contributed by atoms with Crippen molar-refractivity contribution in [2.75, 3.05) is 19.8 Å². The van der Waals surface area contributed by atoms with Crippen LogP contribution in [0.15, 0.2) is 0 Å². The molecule has 68 valence electrons. The van der Waals surface area contributed by atoms with Gasteiger partial charge in [0.15, 0.2) is 0 Å². The zero-order valence-electron chi connectivity index (χ0n) is 8.10. The lowest BCUT2D eigenvalue weighted by atomic mass is 10.3. The topological polar surface area (TPSA) is 29.1 Å². The van der Waals surface area contributed by atoms with Gasteiger partial charge in [-0.2, -0.15) is 11.8 Å². The zero-order chi connectivity index (χ0) is 9.28. The molecule has 0 aliphatic heterocycles. The van der Waals surface area contributed by atoms with Gasteiger partial charge in [0.05, 0.1) is 5.25 Å². The number of rotatable bonds is 4. The Balaban J connectivity index is 0. The molecule has 2 nitrogen and oxygen atoms in total. The van der Waals surface area contributed by atoms with Gasteiger partial charge in [-0.05, 0) is 20.2 Å². The SMILES string of the molecule is CC.CNCC(SC)C(C)=O. The molecule has 0 radical (unpaired) electrons. The second-order valence-corrected chi connectivity index (χ2v) is 2.93. The van der Waals surface area contributed by atoms with Gasteiger partial charge in [0.1, 0.15) is 5.78 Å². The molecule has 0 aromatic carbocycles. The zero-order valence-corrected chi connectivity index (χ0v) is 8.92. The van der Waals surface area contributed by atoms with Crippen molar-refractivity contribution in [3.63, 3.8) is 0 Å². The molecule has 0 heterocycles.